The van der Waals surface area contributed by atoms with Crippen molar-refractivity contribution in [3.63, 3.8) is 0 Å². The maximum Gasteiger partial charge on any atom is 0.127 e. The first-order valence-electron chi connectivity index (χ1n) is 5.68. The highest BCUT2D eigenvalue weighted by atomic mass is 19.1. The molecule has 0 radical (unpaired) electrons. The zero-order chi connectivity index (χ0) is 10.8. The van der Waals surface area contributed by atoms with Crippen LogP contribution in [0.4, 0.5) is 4.39 Å². The molecular formula is C13H18FN. The van der Waals surface area contributed by atoms with Gasteiger partial charge in [-0.05, 0) is 30.4 Å². The molecule has 0 atom stereocenters. The number of nitrogens with one attached hydrogen (secondary N) is 1. The first-order valence-corrected chi connectivity index (χ1v) is 5.68. The molecule has 1 fully saturated rings. The number of rotatable bonds is 4. The van der Waals surface area contributed by atoms with Gasteiger partial charge < -0.3 is 5.32 Å². The van der Waals surface area contributed by atoms with Crippen LogP contribution in [0.1, 0.15) is 43.7 Å². The Hall–Kier alpha value is -0.890. The van der Waals surface area contributed by atoms with Crippen LogP contribution in [0.2, 0.25) is 0 Å². The topological polar surface area (TPSA) is 12.0 Å². The molecule has 0 spiro atoms. The molecule has 1 aromatic rings. The molecule has 0 aliphatic heterocycles. The Morgan fingerprint density at radius 1 is 1.40 bits per heavy atom. The standard InChI is InChI=1S/C13H18FN/c1-9(2)10-3-4-11(13(14)7-10)8-15-12-5-6-12/h3-4,7,9,12,15H,5-6,8H2,1-2H3. The first-order chi connectivity index (χ1) is 7.16. The van der Waals surface area contributed by atoms with Crippen molar-refractivity contribution in [2.24, 2.45) is 0 Å². The molecular weight excluding hydrogens is 189 g/mol. The molecule has 0 aromatic heterocycles. The molecule has 2 rings (SSSR count). The molecule has 0 heterocycles. The second-order valence-corrected chi connectivity index (χ2v) is 4.66. The molecule has 0 amide bonds. The smallest absolute Gasteiger partial charge is 0.127 e. The fraction of sp³-hybridized carbons (Fsp3) is 0.538. The van der Waals surface area contributed by atoms with Crippen LogP contribution >= 0.6 is 0 Å². The van der Waals surface area contributed by atoms with E-state index >= 15 is 0 Å². The maximum atomic E-state index is 13.6. The predicted molar refractivity (Wildman–Crippen MR) is 60.4 cm³/mol. The van der Waals surface area contributed by atoms with Crippen molar-refractivity contribution < 1.29 is 4.39 Å². The van der Waals surface area contributed by atoms with Crippen molar-refractivity contribution in [2.75, 3.05) is 0 Å². The van der Waals surface area contributed by atoms with Crippen LogP contribution in [0, 0.1) is 5.82 Å². The summed E-state index contributed by atoms with van der Waals surface area (Å²) in [6, 6.07) is 6.22. The van der Waals surface area contributed by atoms with Crippen molar-refractivity contribution in [1.82, 2.24) is 5.32 Å². The van der Waals surface area contributed by atoms with E-state index in [0.29, 0.717) is 18.5 Å². The van der Waals surface area contributed by atoms with Gasteiger partial charge in [-0.15, -0.1) is 0 Å². The average molecular weight is 207 g/mol. The largest absolute Gasteiger partial charge is 0.310 e. The van der Waals surface area contributed by atoms with E-state index in [1.807, 2.05) is 12.1 Å². The van der Waals surface area contributed by atoms with Gasteiger partial charge in [0.2, 0.25) is 0 Å². The molecule has 1 aliphatic rings. The Kier molecular flexibility index (Phi) is 3.06. The highest BCUT2D eigenvalue weighted by Crippen LogP contribution is 2.21. The number of halogens is 1. The van der Waals surface area contributed by atoms with E-state index in [-0.39, 0.29) is 5.82 Å². The van der Waals surface area contributed by atoms with Gasteiger partial charge in [0.25, 0.3) is 0 Å². The maximum absolute atomic E-state index is 13.6. The molecule has 1 nitrogen and oxygen atoms in total. The molecule has 2 heteroatoms. The monoisotopic (exact) mass is 207 g/mol. The SMILES string of the molecule is CC(C)c1ccc(CNC2CC2)c(F)c1. The minimum Gasteiger partial charge on any atom is -0.310 e. The Morgan fingerprint density at radius 3 is 2.67 bits per heavy atom. The third-order valence-electron chi connectivity index (χ3n) is 2.90. The molecule has 1 saturated carbocycles. The minimum absolute atomic E-state index is 0.0747. The van der Waals surface area contributed by atoms with Crippen LogP contribution in [0.5, 0.6) is 0 Å². The van der Waals surface area contributed by atoms with Gasteiger partial charge in [-0.1, -0.05) is 26.0 Å². The molecule has 0 unspecified atom stereocenters. The van der Waals surface area contributed by atoms with Crippen LogP contribution in [0.3, 0.4) is 0 Å². The Bertz CT molecular complexity index is 342. The summed E-state index contributed by atoms with van der Waals surface area (Å²) in [6.45, 7) is 4.82. The van der Waals surface area contributed by atoms with Crippen molar-refractivity contribution in [3.8, 4) is 0 Å². The van der Waals surface area contributed by atoms with Gasteiger partial charge in [-0.2, -0.15) is 0 Å². The third-order valence-corrected chi connectivity index (χ3v) is 2.90. The molecule has 0 saturated heterocycles. The van der Waals surface area contributed by atoms with E-state index in [0.717, 1.165) is 11.1 Å². The normalized spacial score (nSPS) is 16.0. The van der Waals surface area contributed by atoms with E-state index < -0.39 is 0 Å². The highest BCUT2D eigenvalue weighted by molar-refractivity contribution is 5.26. The number of benzene rings is 1. The molecule has 1 aliphatic carbocycles. The molecule has 82 valence electrons. The summed E-state index contributed by atoms with van der Waals surface area (Å²) in [5.41, 5.74) is 1.86. The average Bonchev–Trinajstić information content (AvgIpc) is 2.99. The van der Waals surface area contributed by atoms with E-state index in [4.69, 9.17) is 0 Å². The van der Waals surface area contributed by atoms with Crippen LogP contribution in [0.15, 0.2) is 18.2 Å². The molecule has 0 bridgehead atoms. The lowest BCUT2D eigenvalue weighted by Gasteiger charge is -2.09. The molecule has 1 N–H and O–H groups in total. The number of hydrogen-bond donors (Lipinski definition) is 1. The lowest BCUT2D eigenvalue weighted by Crippen LogP contribution is -2.16. The van der Waals surface area contributed by atoms with Gasteiger partial charge in [-0.3, -0.25) is 0 Å². The summed E-state index contributed by atoms with van der Waals surface area (Å²) in [5.74, 6) is 0.319. The van der Waals surface area contributed by atoms with Gasteiger partial charge in [0.05, 0.1) is 0 Å². The summed E-state index contributed by atoms with van der Waals surface area (Å²) in [5, 5.41) is 3.32. The lowest BCUT2D eigenvalue weighted by atomic mass is 10.0. The lowest BCUT2D eigenvalue weighted by molar-refractivity contribution is 0.583. The van der Waals surface area contributed by atoms with Gasteiger partial charge in [0.15, 0.2) is 0 Å². The summed E-state index contributed by atoms with van der Waals surface area (Å²) in [6.07, 6.45) is 2.48. The quantitative estimate of drug-likeness (QED) is 0.799. The van der Waals surface area contributed by atoms with Crippen molar-refractivity contribution in [3.05, 3.63) is 35.1 Å². The fourth-order valence-corrected chi connectivity index (χ4v) is 1.61. The van der Waals surface area contributed by atoms with E-state index in [1.54, 1.807) is 6.07 Å². The third kappa shape index (κ3) is 2.78. The second kappa shape index (κ2) is 4.31. The molecule has 15 heavy (non-hydrogen) atoms. The van der Waals surface area contributed by atoms with Gasteiger partial charge >= 0.3 is 0 Å². The van der Waals surface area contributed by atoms with Crippen LogP contribution in [-0.2, 0) is 6.54 Å². The van der Waals surface area contributed by atoms with Crippen LogP contribution in [0.25, 0.3) is 0 Å². The summed E-state index contributed by atoms with van der Waals surface area (Å²) < 4.78 is 13.6. The van der Waals surface area contributed by atoms with Crippen molar-refractivity contribution in [1.29, 1.82) is 0 Å². The summed E-state index contributed by atoms with van der Waals surface area (Å²) >= 11 is 0. The zero-order valence-corrected chi connectivity index (χ0v) is 9.39. The van der Waals surface area contributed by atoms with Crippen LogP contribution in [-0.4, -0.2) is 6.04 Å². The highest BCUT2D eigenvalue weighted by Gasteiger charge is 2.20. The van der Waals surface area contributed by atoms with E-state index in [2.05, 4.69) is 19.2 Å². The zero-order valence-electron chi connectivity index (χ0n) is 9.39. The van der Waals surface area contributed by atoms with Gasteiger partial charge in [0.1, 0.15) is 5.82 Å². The van der Waals surface area contributed by atoms with Crippen molar-refractivity contribution in [2.45, 2.75) is 45.2 Å². The minimum atomic E-state index is -0.0747. The first kappa shape index (κ1) is 10.6. The van der Waals surface area contributed by atoms with Crippen LogP contribution < -0.4 is 5.32 Å². The van der Waals surface area contributed by atoms with E-state index in [1.165, 1.54) is 12.8 Å². The van der Waals surface area contributed by atoms with E-state index in [9.17, 15) is 4.39 Å². The molecule has 1 aromatic carbocycles. The Morgan fingerprint density at radius 2 is 2.13 bits per heavy atom. The van der Waals surface area contributed by atoms with Gasteiger partial charge in [0, 0.05) is 18.2 Å². The summed E-state index contributed by atoms with van der Waals surface area (Å²) in [7, 11) is 0. The van der Waals surface area contributed by atoms with Gasteiger partial charge in [-0.25, -0.2) is 4.39 Å². The van der Waals surface area contributed by atoms with Crippen molar-refractivity contribution >= 4 is 0 Å². The second-order valence-electron chi connectivity index (χ2n) is 4.66. The fourth-order valence-electron chi connectivity index (χ4n) is 1.61. The predicted octanol–water partition coefficient (Wildman–Crippen LogP) is 3.20. The number of hydrogen-bond acceptors (Lipinski definition) is 1. The Balaban J connectivity index is 2.04. The Labute approximate surface area is 90.7 Å². The summed E-state index contributed by atoms with van der Waals surface area (Å²) in [4.78, 5) is 0.